The number of aliphatic imine (C=N–C) groups is 1. The van der Waals surface area contributed by atoms with Crippen molar-refractivity contribution in [3.63, 3.8) is 0 Å². The summed E-state index contributed by atoms with van der Waals surface area (Å²) in [5.74, 6) is -0.489. The second kappa shape index (κ2) is 3.34. The summed E-state index contributed by atoms with van der Waals surface area (Å²) in [6.45, 7) is 0. The molecule has 0 spiro atoms. The summed E-state index contributed by atoms with van der Waals surface area (Å²) in [6, 6.07) is 6.85. The van der Waals surface area contributed by atoms with E-state index in [1.54, 1.807) is 6.07 Å². The molecule has 0 radical (unpaired) electrons. The number of anilines is 1. The number of hydrogen-bond acceptors (Lipinski definition) is 2. The van der Waals surface area contributed by atoms with E-state index >= 15 is 0 Å². The lowest BCUT2D eigenvalue weighted by molar-refractivity contribution is 0.630. The van der Waals surface area contributed by atoms with Crippen LogP contribution in [0.3, 0.4) is 0 Å². The average molecular weight is 255 g/mol. The van der Waals surface area contributed by atoms with Crippen molar-refractivity contribution in [3.8, 4) is 0 Å². The summed E-state index contributed by atoms with van der Waals surface area (Å²) in [5.41, 5.74) is 1.17. The fourth-order valence-corrected chi connectivity index (χ4v) is 2.20. The summed E-state index contributed by atoms with van der Waals surface area (Å²) in [7, 11) is 0. The molecule has 0 atom stereocenters. The van der Waals surface area contributed by atoms with Gasteiger partial charge in [-0.2, -0.15) is 0 Å². The van der Waals surface area contributed by atoms with Crippen LogP contribution in [0, 0.1) is 5.82 Å². The van der Waals surface area contributed by atoms with E-state index in [1.807, 2.05) is 12.1 Å². The molecule has 1 N–H and O–H groups in total. The molecule has 0 unspecified atom stereocenters. The normalized spacial score (nSPS) is 13.6. The first kappa shape index (κ1) is 9.87. The van der Waals surface area contributed by atoms with Crippen molar-refractivity contribution in [3.05, 3.63) is 35.1 Å². The first-order valence-electron chi connectivity index (χ1n) is 4.59. The van der Waals surface area contributed by atoms with Crippen molar-refractivity contribution >= 4 is 50.6 Å². The summed E-state index contributed by atoms with van der Waals surface area (Å²) >= 11 is 11.7. The predicted octanol–water partition coefficient (Wildman–Crippen LogP) is 4.28. The first-order chi connectivity index (χ1) is 7.66. The molecule has 0 saturated carbocycles. The van der Waals surface area contributed by atoms with Crippen LogP contribution in [0.2, 0.25) is 5.02 Å². The highest BCUT2D eigenvalue weighted by molar-refractivity contribution is 6.68. The molecule has 1 aliphatic heterocycles. The highest BCUT2D eigenvalue weighted by atomic mass is 35.5. The van der Waals surface area contributed by atoms with Gasteiger partial charge >= 0.3 is 0 Å². The van der Waals surface area contributed by atoms with E-state index in [4.69, 9.17) is 23.2 Å². The minimum absolute atomic E-state index is 0.000370. The van der Waals surface area contributed by atoms with Gasteiger partial charge in [-0.3, -0.25) is 0 Å². The third-order valence-corrected chi connectivity index (χ3v) is 3.02. The zero-order chi connectivity index (χ0) is 11.3. The number of nitrogens with zero attached hydrogens (tertiary/aromatic N) is 1. The summed E-state index contributed by atoms with van der Waals surface area (Å²) in [6.07, 6.45) is 0. The number of hydrogen-bond donors (Lipinski definition) is 1. The minimum Gasteiger partial charge on any atom is -0.330 e. The van der Waals surface area contributed by atoms with Gasteiger partial charge in [-0.05, 0) is 29.1 Å². The van der Waals surface area contributed by atoms with Crippen LogP contribution < -0.4 is 5.32 Å². The van der Waals surface area contributed by atoms with Crippen LogP contribution in [0.15, 0.2) is 29.3 Å². The largest absolute Gasteiger partial charge is 0.330 e. The van der Waals surface area contributed by atoms with Crippen LogP contribution in [-0.2, 0) is 0 Å². The van der Waals surface area contributed by atoms with Crippen LogP contribution in [0.5, 0.6) is 0 Å². The fourth-order valence-electron chi connectivity index (χ4n) is 1.82. The Balaban J connectivity index is 2.54. The molecule has 0 saturated heterocycles. The molecule has 5 heteroatoms. The minimum atomic E-state index is -0.489. The van der Waals surface area contributed by atoms with E-state index in [1.165, 1.54) is 6.07 Å². The molecule has 3 rings (SSSR count). The Hall–Kier alpha value is -1.32. The second-order valence-electron chi connectivity index (χ2n) is 3.45. The van der Waals surface area contributed by atoms with Crippen molar-refractivity contribution in [2.75, 3.05) is 5.32 Å². The molecular weight excluding hydrogens is 250 g/mol. The first-order valence-corrected chi connectivity index (χ1v) is 5.34. The van der Waals surface area contributed by atoms with Gasteiger partial charge in [0.15, 0.2) is 0 Å². The molecule has 16 heavy (non-hydrogen) atoms. The molecule has 0 amide bonds. The zero-order valence-electron chi connectivity index (χ0n) is 7.89. The van der Waals surface area contributed by atoms with Crippen LogP contribution in [-0.4, -0.2) is 5.29 Å². The van der Waals surface area contributed by atoms with Crippen LogP contribution >= 0.6 is 23.2 Å². The molecule has 0 fully saturated rings. The molecule has 2 nitrogen and oxygen atoms in total. The SMILES string of the molecule is Fc1cc2cccc3c2c(c1Cl)N=C(Cl)N3. The monoisotopic (exact) mass is 254 g/mol. The number of amidine groups is 1. The standard InChI is InChI=1S/C11H5Cl2FN2/c12-9-6(14)4-5-2-1-3-7-8(5)10(9)16-11(13)15-7/h1-4H,(H,15,16). The van der Waals surface area contributed by atoms with Gasteiger partial charge in [-0.15, -0.1) is 0 Å². The molecule has 0 aromatic heterocycles. The topological polar surface area (TPSA) is 24.4 Å². The Morgan fingerprint density at radius 1 is 1.25 bits per heavy atom. The number of nitrogens with one attached hydrogen (secondary N) is 1. The maximum absolute atomic E-state index is 13.5. The molecule has 80 valence electrons. The highest BCUT2D eigenvalue weighted by Gasteiger charge is 2.18. The summed E-state index contributed by atoms with van der Waals surface area (Å²) in [5, 5.41) is 4.63. The van der Waals surface area contributed by atoms with E-state index < -0.39 is 5.82 Å². The lowest BCUT2D eigenvalue weighted by atomic mass is 10.1. The number of halogens is 3. The molecule has 2 aromatic carbocycles. The van der Waals surface area contributed by atoms with Gasteiger partial charge in [-0.1, -0.05) is 23.7 Å². The van der Waals surface area contributed by atoms with Gasteiger partial charge in [0, 0.05) is 5.39 Å². The Kier molecular flexibility index (Phi) is 2.06. The van der Waals surface area contributed by atoms with Crippen LogP contribution in [0.4, 0.5) is 15.8 Å². The lowest BCUT2D eigenvalue weighted by Crippen LogP contribution is -2.08. The van der Waals surface area contributed by atoms with E-state index in [2.05, 4.69) is 10.3 Å². The van der Waals surface area contributed by atoms with E-state index in [0.717, 1.165) is 16.5 Å². The van der Waals surface area contributed by atoms with Gasteiger partial charge in [0.1, 0.15) is 10.8 Å². The molecular formula is C11H5Cl2FN2. The second-order valence-corrected chi connectivity index (χ2v) is 4.19. The third kappa shape index (κ3) is 1.29. The van der Waals surface area contributed by atoms with Crippen molar-refractivity contribution < 1.29 is 4.39 Å². The summed E-state index contributed by atoms with van der Waals surface area (Å²) in [4.78, 5) is 4.02. The molecule has 1 heterocycles. The maximum Gasteiger partial charge on any atom is 0.201 e. The van der Waals surface area contributed by atoms with E-state index in [9.17, 15) is 4.39 Å². The zero-order valence-corrected chi connectivity index (χ0v) is 9.40. The Labute approximate surface area is 101 Å². The molecule has 2 aromatic rings. The fraction of sp³-hybridized carbons (Fsp3) is 0. The molecule has 1 aliphatic rings. The van der Waals surface area contributed by atoms with Crippen molar-refractivity contribution in [1.82, 2.24) is 0 Å². The average Bonchev–Trinajstić information content (AvgIpc) is 2.25. The van der Waals surface area contributed by atoms with Gasteiger partial charge in [0.05, 0.1) is 11.4 Å². The lowest BCUT2D eigenvalue weighted by Gasteiger charge is -2.16. The Bertz CT molecular complexity index is 637. The smallest absolute Gasteiger partial charge is 0.201 e. The van der Waals surface area contributed by atoms with Crippen LogP contribution in [0.25, 0.3) is 10.8 Å². The Morgan fingerprint density at radius 3 is 2.88 bits per heavy atom. The Morgan fingerprint density at radius 2 is 2.06 bits per heavy atom. The van der Waals surface area contributed by atoms with E-state index in [0.29, 0.717) is 5.69 Å². The highest BCUT2D eigenvalue weighted by Crippen LogP contribution is 2.42. The van der Waals surface area contributed by atoms with Crippen molar-refractivity contribution in [2.24, 2.45) is 4.99 Å². The van der Waals surface area contributed by atoms with E-state index in [-0.39, 0.29) is 10.3 Å². The predicted molar refractivity (Wildman–Crippen MR) is 65.5 cm³/mol. The van der Waals surface area contributed by atoms with Gasteiger partial charge in [-0.25, -0.2) is 9.38 Å². The van der Waals surface area contributed by atoms with Gasteiger partial charge < -0.3 is 5.32 Å². The van der Waals surface area contributed by atoms with Gasteiger partial charge in [0.25, 0.3) is 0 Å². The maximum atomic E-state index is 13.5. The summed E-state index contributed by atoms with van der Waals surface area (Å²) < 4.78 is 13.5. The van der Waals surface area contributed by atoms with Crippen molar-refractivity contribution in [1.29, 1.82) is 0 Å². The van der Waals surface area contributed by atoms with Gasteiger partial charge in [0.2, 0.25) is 5.29 Å². The number of rotatable bonds is 0. The van der Waals surface area contributed by atoms with Crippen LogP contribution in [0.1, 0.15) is 0 Å². The van der Waals surface area contributed by atoms with Crippen molar-refractivity contribution in [2.45, 2.75) is 0 Å². The third-order valence-electron chi connectivity index (χ3n) is 2.48. The quantitative estimate of drug-likeness (QED) is 0.698. The molecule has 0 aliphatic carbocycles. The molecule has 0 bridgehead atoms. The number of benzene rings is 2.